The summed E-state index contributed by atoms with van der Waals surface area (Å²) in [6.45, 7) is 7.81. The van der Waals surface area contributed by atoms with Crippen molar-refractivity contribution >= 4 is 15.9 Å². The van der Waals surface area contributed by atoms with Crippen LogP contribution in [0.5, 0.6) is 11.5 Å². The lowest BCUT2D eigenvalue weighted by Gasteiger charge is -2.29. The highest BCUT2D eigenvalue weighted by atomic mass is 79.9. The molecule has 0 heterocycles. The standard InChI is InChI=1S/C16H26BrNO3/c1-6-12(21-8-3)15(18-7-2)11-9-10-13(19-4)14(17)16(11)20-5/h9-10,12,15,18H,6-8H2,1-5H3. The number of benzene rings is 1. The Labute approximate surface area is 136 Å². The first kappa shape index (κ1) is 18.3. The van der Waals surface area contributed by atoms with Crippen molar-refractivity contribution in [3.05, 3.63) is 22.2 Å². The number of nitrogens with one attached hydrogen (secondary N) is 1. The Morgan fingerprint density at radius 3 is 2.33 bits per heavy atom. The molecule has 0 aliphatic rings. The first-order valence-corrected chi connectivity index (χ1v) is 8.19. The maximum Gasteiger partial charge on any atom is 0.141 e. The number of methoxy groups -OCH3 is 2. The fraction of sp³-hybridized carbons (Fsp3) is 0.625. The van der Waals surface area contributed by atoms with Crippen LogP contribution < -0.4 is 14.8 Å². The molecule has 120 valence electrons. The van der Waals surface area contributed by atoms with E-state index >= 15 is 0 Å². The maximum absolute atomic E-state index is 5.89. The SMILES string of the molecule is CCNC(c1ccc(OC)c(Br)c1OC)C(CC)OCC. The second-order valence-electron chi connectivity index (χ2n) is 4.64. The zero-order chi connectivity index (χ0) is 15.8. The molecule has 1 rings (SSSR count). The molecule has 0 bridgehead atoms. The van der Waals surface area contributed by atoms with Crippen LogP contribution in [0, 0.1) is 0 Å². The van der Waals surface area contributed by atoms with Crippen LogP contribution in [-0.4, -0.2) is 33.5 Å². The van der Waals surface area contributed by atoms with Gasteiger partial charge in [-0.1, -0.05) is 13.8 Å². The molecule has 1 aromatic rings. The van der Waals surface area contributed by atoms with Gasteiger partial charge in [0.05, 0.1) is 26.4 Å². The van der Waals surface area contributed by atoms with Gasteiger partial charge in [0.2, 0.25) is 0 Å². The van der Waals surface area contributed by atoms with E-state index in [1.807, 2.05) is 19.1 Å². The number of hydrogen-bond donors (Lipinski definition) is 1. The van der Waals surface area contributed by atoms with E-state index in [1.54, 1.807) is 14.2 Å². The van der Waals surface area contributed by atoms with Crippen molar-refractivity contribution in [2.24, 2.45) is 0 Å². The number of ether oxygens (including phenoxy) is 3. The molecular formula is C16H26BrNO3. The van der Waals surface area contributed by atoms with Crippen molar-refractivity contribution in [2.45, 2.75) is 39.3 Å². The van der Waals surface area contributed by atoms with E-state index in [4.69, 9.17) is 14.2 Å². The third-order valence-electron chi connectivity index (χ3n) is 3.43. The largest absolute Gasteiger partial charge is 0.495 e. The highest BCUT2D eigenvalue weighted by Gasteiger charge is 2.26. The molecule has 0 aliphatic carbocycles. The molecule has 0 spiro atoms. The molecule has 0 fully saturated rings. The van der Waals surface area contributed by atoms with Gasteiger partial charge in [0.1, 0.15) is 16.0 Å². The van der Waals surface area contributed by atoms with Crippen molar-refractivity contribution in [3.63, 3.8) is 0 Å². The van der Waals surface area contributed by atoms with E-state index < -0.39 is 0 Å². The smallest absolute Gasteiger partial charge is 0.141 e. The van der Waals surface area contributed by atoms with Crippen LogP contribution in [0.1, 0.15) is 38.8 Å². The third-order valence-corrected chi connectivity index (χ3v) is 4.18. The van der Waals surface area contributed by atoms with Crippen LogP contribution in [0.25, 0.3) is 0 Å². The minimum absolute atomic E-state index is 0.0807. The van der Waals surface area contributed by atoms with E-state index in [0.29, 0.717) is 6.61 Å². The molecule has 5 heteroatoms. The Morgan fingerprint density at radius 1 is 1.14 bits per heavy atom. The van der Waals surface area contributed by atoms with Gasteiger partial charge >= 0.3 is 0 Å². The first-order valence-electron chi connectivity index (χ1n) is 7.39. The molecule has 0 saturated heterocycles. The predicted molar refractivity (Wildman–Crippen MR) is 89.4 cm³/mol. The van der Waals surface area contributed by atoms with Gasteiger partial charge in [-0.3, -0.25) is 0 Å². The number of likely N-dealkylation sites (N-methyl/N-ethyl adjacent to an activating group) is 1. The van der Waals surface area contributed by atoms with Gasteiger partial charge in [0.25, 0.3) is 0 Å². The van der Waals surface area contributed by atoms with E-state index in [0.717, 1.165) is 34.5 Å². The van der Waals surface area contributed by atoms with Crippen LogP contribution >= 0.6 is 15.9 Å². The minimum Gasteiger partial charge on any atom is -0.495 e. The molecule has 0 aromatic heterocycles. The second-order valence-corrected chi connectivity index (χ2v) is 5.43. The summed E-state index contributed by atoms with van der Waals surface area (Å²) in [4.78, 5) is 0. The molecule has 0 radical (unpaired) electrons. The predicted octanol–water partition coefficient (Wildman–Crippen LogP) is 3.93. The van der Waals surface area contributed by atoms with Crippen molar-refractivity contribution < 1.29 is 14.2 Å². The first-order chi connectivity index (χ1) is 10.1. The highest BCUT2D eigenvalue weighted by Crippen LogP contribution is 2.41. The highest BCUT2D eigenvalue weighted by molar-refractivity contribution is 9.10. The molecule has 21 heavy (non-hydrogen) atoms. The van der Waals surface area contributed by atoms with Crippen molar-refractivity contribution in [1.29, 1.82) is 0 Å². The minimum atomic E-state index is 0.0807. The van der Waals surface area contributed by atoms with E-state index in [-0.39, 0.29) is 12.1 Å². The fourth-order valence-corrected chi connectivity index (χ4v) is 3.17. The average molecular weight is 360 g/mol. The summed E-state index contributed by atoms with van der Waals surface area (Å²) in [7, 11) is 3.32. The normalized spacial score (nSPS) is 13.8. The molecular weight excluding hydrogens is 334 g/mol. The Balaban J connectivity index is 3.26. The van der Waals surface area contributed by atoms with Gasteiger partial charge in [0, 0.05) is 12.2 Å². The van der Waals surface area contributed by atoms with E-state index in [2.05, 4.69) is 35.1 Å². The molecule has 0 aliphatic heterocycles. The topological polar surface area (TPSA) is 39.7 Å². The second kappa shape index (κ2) is 9.28. The molecule has 2 unspecified atom stereocenters. The lowest BCUT2D eigenvalue weighted by Crippen LogP contribution is -2.34. The third kappa shape index (κ3) is 4.34. The molecule has 1 aromatic carbocycles. The number of halogens is 1. The Kier molecular flexibility index (Phi) is 8.07. The Hall–Kier alpha value is -0.780. The molecule has 0 amide bonds. The molecule has 2 atom stereocenters. The Morgan fingerprint density at radius 2 is 1.86 bits per heavy atom. The maximum atomic E-state index is 5.89. The Bertz CT molecular complexity index is 440. The zero-order valence-corrected chi connectivity index (χ0v) is 15.1. The summed E-state index contributed by atoms with van der Waals surface area (Å²) in [5, 5.41) is 3.51. The lowest BCUT2D eigenvalue weighted by atomic mass is 9.98. The summed E-state index contributed by atoms with van der Waals surface area (Å²) in [5.41, 5.74) is 1.08. The van der Waals surface area contributed by atoms with Gasteiger partial charge < -0.3 is 19.5 Å². The quantitative estimate of drug-likeness (QED) is 0.724. The summed E-state index contributed by atoms with van der Waals surface area (Å²) >= 11 is 3.56. The van der Waals surface area contributed by atoms with Gasteiger partial charge in [-0.05, 0) is 48.0 Å². The van der Waals surface area contributed by atoms with Crippen LogP contribution in [0.2, 0.25) is 0 Å². The summed E-state index contributed by atoms with van der Waals surface area (Å²) in [6.07, 6.45) is 1.03. The van der Waals surface area contributed by atoms with Crippen LogP contribution in [0.3, 0.4) is 0 Å². The number of rotatable bonds is 9. The van der Waals surface area contributed by atoms with Gasteiger partial charge in [-0.2, -0.15) is 0 Å². The molecule has 0 saturated carbocycles. The summed E-state index contributed by atoms with van der Waals surface area (Å²) < 4.78 is 17.7. The molecule has 1 N–H and O–H groups in total. The van der Waals surface area contributed by atoms with Crippen molar-refractivity contribution in [2.75, 3.05) is 27.4 Å². The van der Waals surface area contributed by atoms with Crippen LogP contribution in [-0.2, 0) is 4.74 Å². The fourth-order valence-electron chi connectivity index (χ4n) is 2.49. The average Bonchev–Trinajstić information content (AvgIpc) is 2.50. The van der Waals surface area contributed by atoms with Crippen LogP contribution in [0.4, 0.5) is 0 Å². The zero-order valence-electron chi connectivity index (χ0n) is 13.5. The van der Waals surface area contributed by atoms with Crippen LogP contribution in [0.15, 0.2) is 16.6 Å². The summed E-state index contributed by atoms with van der Waals surface area (Å²) in [5.74, 6) is 1.55. The van der Waals surface area contributed by atoms with E-state index in [9.17, 15) is 0 Å². The van der Waals surface area contributed by atoms with Crippen molar-refractivity contribution in [1.82, 2.24) is 5.32 Å². The number of hydrogen-bond acceptors (Lipinski definition) is 4. The summed E-state index contributed by atoms with van der Waals surface area (Å²) in [6, 6.07) is 4.07. The van der Waals surface area contributed by atoms with Gasteiger partial charge in [-0.15, -0.1) is 0 Å². The van der Waals surface area contributed by atoms with Gasteiger partial charge in [0.15, 0.2) is 0 Å². The van der Waals surface area contributed by atoms with E-state index in [1.165, 1.54) is 0 Å². The van der Waals surface area contributed by atoms with Crippen molar-refractivity contribution in [3.8, 4) is 11.5 Å². The van der Waals surface area contributed by atoms with Gasteiger partial charge in [-0.25, -0.2) is 0 Å². The monoisotopic (exact) mass is 359 g/mol. The molecule has 4 nitrogen and oxygen atoms in total. The lowest BCUT2D eigenvalue weighted by molar-refractivity contribution is 0.0312.